The number of hydrogen-bond acceptors (Lipinski definition) is 6. The lowest BCUT2D eigenvalue weighted by Crippen LogP contribution is -2.48. The summed E-state index contributed by atoms with van der Waals surface area (Å²) in [4.78, 5) is 48.6. The van der Waals surface area contributed by atoms with Gasteiger partial charge in [-0.25, -0.2) is 4.79 Å². The topological polar surface area (TPSA) is 117 Å². The molecule has 1 aromatic carbocycles. The van der Waals surface area contributed by atoms with Crippen LogP contribution in [0.5, 0.6) is 0 Å². The third kappa shape index (κ3) is 3.97. The first-order valence-electron chi connectivity index (χ1n) is 8.69. The van der Waals surface area contributed by atoms with Crippen molar-refractivity contribution in [3.63, 3.8) is 0 Å². The summed E-state index contributed by atoms with van der Waals surface area (Å²) in [5, 5.41) is 11.8. The standard InChI is InChI=1S/C19H19N3O5/c1-19(11-20,13-4-5-13)21-15(23)10-27-18(26)12-2-6-14(7-3-12)22-16(24)8-9-17(22)25/h2-3,6-7,13H,4-5,8-10H2,1H3,(H,21,23)/t19-/m1/s1. The lowest BCUT2D eigenvalue weighted by atomic mass is 9.98. The molecule has 1 aliphatic carbocycles. The number of ether oxygens (including phenoxy) is 1. The largest absolute Gasteiger partial charge is 0.452 e. The number of nitriles is 1. The van der Waals surface area contributed by atoms with Gasteiger partial charge >= 0.3 is 5.97 Å². The minimum Gasteiger partial charge on any atom is -0.452 e. The Balaban J connectivity index is 1.55. The first-order chi connectivity index (χ1) is 12.8. The van der Waals surface area contributed by atoms with E-state index < -0.39 is 24.0 Å². The molecule has 1 atom stereocenters. The van der Waals surface area contributed by atoms with E-state index >= 15 is 0 Å². The Hall–Kier alpha value is -3.21. The van der Waals surface area contributed by atoms with Crippen LogP contribution in [0.3, 0.4) is 0 Å². The number of hydrogen-bond donors (Lipinski definition) is 1. The molecular weight excluding hydrogens is 350 g/mol. The summed E-state index contributed by atoms with van der Waals surface area (Å²) in [6, 6.07) is 7.92. The van der Waals surface area contributed by atoms with Crippen LogP contribution in [0, 0.1) is 17.2 Å². The van der Waals surface area contributed by atoms with Crippen LogP contribution in [-0.4, -0.2) is 35.8 Å². The van der Waals surface area contributed by atoms with Gasteiger partial charge in [0.1, 0.15) is 5.54 Å². The van der Waals surface area contributed by atoms with Crippen molar-refractivity contribution in [2.75, 3.05) is 11.5 Å². The van der Waals surface area contributed by atoms with E-state index in [1.54, 1.807) is 6.92 Å². The van der Waals surface area contributed by atoms with Gasteiger partial charge in [0.05, 0.1) is 17.3 Å². The van der Waals surface area contributed by atoms with E-state index in [1.807, 2.05) is 0 Å². The lowest BCUT2D eigenvalue weighted by molar-refractivity contribution is -0.125. The fourth-order valence-corrected chi connectivity index (χ4v) is 3.03. The van der Waals surface area contributed by atoms with Crippen LogP contribution in [0.1, 0.15) is 43.0 Å². The number of carbonyl (C=O) groups is 4. The highest BCUT2D eigenvalue weighted by Gasteiger charge is 2.43. The first kappa shape index (κ1) is 18.6. The summed E-state index contributed by atoms with van der Waals surface area (Å²) in [5.41, 5.74) is -0.359. The number of nitrogens with one attached hydrogen (secondary N) is 1. The maximum atomic E-state index is 12.1. The van der Waals surface area contributed by atoms with Crippen LogP contribution in [0.15, 0.2) is 24.3 Å². The lowest BCUT2D eigenvalue weighted by Gasteiger charge is -2.22. The van der Waals surface area contributed by atoms with Crippen LogP contribution in [0.25, 0.3) is 0 Å². The number of esters is 1. The highest BCUT2D eigenvalue weighted by atomic mass is 16.5. The predicted molar refractivity (Wildman–Crippen MR) is 93.3 cm³/mol. The van der Waals surface area contributed by atoms with Crippen molar-refractivity contribution in [3.8, 4) is 6.07 Å². The van der Waals surface area contributed by atoms with Gasteiger partial charge in [-0.15, -0.1) is 0 Å². The van der Waals surface area contributed by atoms with Gasteiger partial charge in [-0.3, -0.25) is 19.3 Å². The molecule has 8 nitrogen and oxygen atoms in total. The van der Waals surface area contributed by atoms with Gasteiger partial charge < -0.3 is 10.1 Å². The minimum absolute atomic E-state index is 0.130. The number of nitrogens with zero attached hydrogens (tertiary/aromatic N) is 2. The van der Waals surface area contributed by atoms with Crippen molar-refractivity contribution in [2.24, 2.45) is 5.92 Å². The quantitative estimate of drug-likeness (QED) is 0.597. The molecule has 0 unspecified atom stereocenters. The molecule has 2 aliphatic rings. The molecule has 27 heavy (non-hydrogen) atoms. The fourth-order valence-electron chi connectivity index (χ4n) is 3.03. The zero-order valence-corrected chi connectivity index (χ0v) is 14.9. The highest BCUT2D eigenvalue weighted by Crippen LogP contribution is 2.39. The van der Waals surface area contributed by atoms with E-state index in [0.717, 1.165) is 17.7 Å². The molecule has 3 rings (SSSR count). The number of imide groups is 1. The zero-order chi connectivity index (χ0) is 19.6. The molecule has 0 bridgehead atoms. The van der Waals surface area contributed by atoms with E-state index in [1.165, 1.54) is 24.3 Å². The van der Waals surface area contributed by atoms with E-state index in [4.69, 9.17) is 4.74 Å². The molecule has 0 spiro atoms. The number of benzene rings is 1. The SMILES string of the molecule is C[C@](C#N)(NC(=O)COC(=O)c1ccc(N2C(=O)CCC2=O)cc1)C1CC1. The van der Waals surface area contributed by atoms with Gasteiger partial charge in [0.25, 0.3) is 5.91 Å². The number of amides is 3. The summed E-state index contributed by atoms with van der Waals surface area (Å²) in [7, 11) is 0. The monoisotopic (exact) mass is 369 g/mol. The molecule has 1 saturated carbocycles. The van der Waals surface area contributed by atoms with Crippen molar-refractivity contribution >= 4 is 29.4 Å². The molecule has 1 N–H and O–H groups in total. The van der Waals surface area contributed by atoms with Crippen LogP contribution < -0.4 is 10.2 Å². The van der Waals surface area contributed by atoms with Crippen molar-refractivity contribution in [2.45, 2.75) is 38.1 Å². The zero-order valence-electron chi connectivity index (χ0n) is 14.9. The second-order valence-electron chi connectivity index (χ2n) is 6.88. The normalized spacial score (nSPS) is 18.6. The molecule has 0 radical (unpaired) electrons. The van der Waals surface area contributed by atoms with Gasteiger partial charge in [-0.1, -0.05) is 0 Å². The third-order valence-electron chi connectivity index (χ3n) is 4.77. The molecule has 3 amide bonds. The number of carbonyl (C=O) groups excluding carboxylic acids is 4. The number of rotatable bonds is 6. The summed E-state index contributed by atoms with van der Waals surface area (Å²) >= 11 is 0. The van der Waals surface area contributed by atoms with Gasteiger partial charge in [0, 0.05) is 12.8 Å². The Morgan fingerprint density at radius 1 is 1.22 bits per heavy atom. The molecule has 1 aliphatic heterocycles. The van der Waals surface area contributed by atoms with E-state index in [2.05, 4.69) is 11.4 Å². The molecular formula is C19H19N3O5. The maximum absolute atomic E-state index is 12.1. The summed E-state index contributed by atoms with van der Waals surface area (Å²) in [5.74, 6) is -1.66. The molecule has 1 aromatic rings. The van der Waals surface area contributed by atoms with E-state index in [9.17, 15) is 24.4 Å². The van der Waals surface area contributed by atoms with Crippen molar-refractivity contribution in [1.29, 1.82) is 5.26 Å². The molecule has 0 aromatic heterocycles. The maximum Gasteiger partial charge on any atom is 0.338 e. The summed E-state index contributed by atoms with van der Waals surface area (Å²) < 4.78 is 4.98. The average Bonchev–Trinajstić information content (AvgIpc) is 3.46. The smallest absolute Gasteiger partial charge is 0.338 e. The van der Waals surface area contributed by atoms with Crippen LogP contribution in [0.2, 0.25) is 0 Å². The van der Waals surface area contributed by atoms with Crippen LogP contribution >= 0.6 is 0 Å². The first-order valence-corrected chi connectivity index (χ1v) is 8.69. The van der Waals surface area contributed by atoms with Gasteiger partial charge in [0.2, 0.25) is 11.8 Å². The highest BCUT2D eigenvalue weighted by molar-refractivity contribution is 6.19. The van der Waals surface area contributed by atoms with E-state index in [-0.39, 0.29) is 36.1 Å². The van der Waals surface area contributed by atoms with Crippen LogP contribution in [-0.2, 0) is 19.1 Å². The fraction of sp³-hybridized carbons (Fsp3) is 0.421. The van der Waals surface area contributed by atoms with E-state index in [0.29, 0.717) is 5.69 Å². The Morgan fingerprint density at radius 3 is 2.33 bits per heavy atom. The summed E-state index contributed by atoms with van der Waals surface area (Å²) in [6.07, 6.45) is 2.14. The minimum atomic E-state index is -0.945. The average molecular weight is 369 g/mol. The molecule has 1 heterocycles. The van der Waals surface area contributed by atoms with Gasteiger partial charge in [-0.05, 0) is 49.9 Å². The molecule has 140 valence electrons. The Bertz CT molecular complexity index is 822. The number of anilines is 1. The van der Waals surface area contributed by atoms with Crippen molar-refractivity contribution < 1.29 is 23.9 Å². The molecule has 1 saturated heterocycles. The Morgan fingerprint density at radius 2 is 1.81 bits per heavy atom. The Labute approximate surface area is 156 Å². The van der Waals surface area contributed by atoms with Crippen LogP contribution in [0.4, 0.5) is 5.69 Å². The second-order valence-corrected chi connectivity index (χ2v) is 6.88. The van der Waals surface area contributed by atoms with Crippen molar-refractivity contribution in [3.05, 3.63) is 29.8 Å². The van der Waals surface area contributed by atoms with Gasteiger partial charge in [0.15, 0.2) is 6.61 Å². The van der Waals surface area contributed by atoms with Crippen molar-refractivity contribution in [1.82, 2.24) is 5.32 Å². The van der Waals surface area contributed by atoms with Gasteiger partial charge in [-0.2, -0.15) is 5.26 Å². The molecule has 8 heteroatoms. The Kier molecular flexibility index (Phi) is 4.95. The second kappa shape index (κ2) is 7.19. The molecule has 2 fully saturated rings. The third-order valence-corrected chi connectivity index (χ3v) is 4.77. The predicted octanol–water partition coefficient (Wildman–Crippen LogP) is 1.31. The summed E-state index contributed by atoms with van der Waals surface area (Å²) in [6.45, 7) is 1.16.